The van der Waals surface area contributed by atoms with Crippen LogP contribution in [0.15, 0.2) is 42.5 Å². The number of halogens is 1. The van der Waals surface area contributed by atoms with Gasteiger partial charge >= 0.3 is 0 Å². The largest absolute Gasteiger partial charge is 0.492 e. The second-order valence-electron chi connectivity index (χ2n) is 5.28. The summed E-state index contributed by atoms with van der Waals surface area (Å²) in [6.07, 6.45) is 0.911. The third-order valence-electron chi connectivity index (χ3n) is 3.76. The van der Waals surface area contributed by atoms with E-state index in [4.69, 9.17) is 16.3 Å². The lowest BCUT2D eigenvalue weighted by Gasteiger charge is -2.11. The Labute approximate surface area is 135 Å². The monoisotopic (exact) mass is 314 g/mol. The van der Waals surface area contributed by atoms with E-state index in [0.29, 0.717) is 6.61 Å². The van der Waals surface area contributed by atoms with Gasteiger partial charge in [-0.2, -0.15) is 0 Å². The molecule has 1 heterocycles. The first kappa shape index (κ1) is 14.9. The van der Waals surface area contributed by atoms with Gasteiger partial charge < -0.3 is 9.30 Å². The molecular weight excluding hydrogens is 296 g/mol. The Balaban J connectivity index is 1.74. The van der Waals surface area contributed by atoms with Gasteiger partial charge in [-0.05, 0) is 42.8 Å². The van der Waals surface area contributed by atoms with E-state index in [-0.39, 0.29) is 0 Å². The molecule has 22 heavy (non-hydrogen) atoms. The van der Waals surface area contributed by atoms with Gasteiger partial charge in [-0.3, -0.25) is 0 Å². The number of nitrogens with zero attached hydrogens (tertiary/aromatic N) is 2. The predicted octanol–water partition coefficient (Wildman–Crippen LogP) is 4.64. The summed E-state index contributed by atoms with van der Waals surface area (Å²) in [7, 11) is 0. The van der Waals surface area contributed by atoms with Gasteiger partial charge in [-0.25, -0.2) is 4.98 Å². The zero-order valence-corrected chi connectivity index (χ0v) is 13.6. The Bertz CT molecular complexity index is 795. The van der Waals surface area contributed by atoms with E-state index in [9.17, 15) is 0 Å². The zero-order valence-electron chi connectivity index (χ0n) is 12.8. The molecule has 114 valence electrons. The average molecular weight is 315 g/mol. The smallest absolute Gasteiger partial charge is 0.119 e. The van der Waals surface area contributed by atoms with Crippen molar-refractivity contribution in [3.05, 3.63) is 58.9 Å². The molecule has 1 aromatic heterocycles. The van der Waals surface area contributed by atoms with Gasteiger partial charge in [0.05, 0.1) is 17.6 Å². The Hall–Kier alpha value is -2.00. The third kappa shape index (κ3) is 2.95. The third-order valence-corrected chi connectivity index (χ3v) is 4.19. The van der Waals surface area contributed by atoms with Crippen molar-refractivity contribution in [3.63, 3.8) is 0 Å². The summed E-state index contributed by atoms with van der Waals surface area (Å²) in [6, 6.07) is 14.0. The highest BCUT2D eigenvalue weighted by molar-refractivity contribution is 6.31. The van der Waals surface area contributed by atoms with Crippen molar-refractivity contribution >= 4 is 22.6 Å². The number of aryl methyl sites for hydroxylation is 2. The van der Waals surface area contributed by atoms with Crippen LogP contribution in [0.25, 0.3) is 11.0 Å². The fourth-order valence-corrected chi connectivity index (χ4v) is 2.72. The number of aromatic nitrogens is 2. The first-order chi connectivity index (χ1) is 10.7. The van der Waals surface area contributed by atoms with E-state index < -0.39 is 0 Å². The Morgan fingerprint density at radius 1 is 1.18 bits per heavy atom. The van der Waals surface area contributed by atoms with Gasteiger partial charge in [0.2, 0.25) is 0 Å². The molecule has 0 atom stereocenters. The molecule has 2 aromatic carbocycles. The second-order valence-corrected chi connectivity index (χ2v) is 5.69. The molecule has 0 fully saturated rings. The lowest BCUT2D eigenvalue weighted by molar-refractivity contribution is 0.298. The van der Waals surface area contributed by atoms with Crippen LogP contribution in [0.1, 0.15) is 18.3 Å². The summed E-state index contributed by atoms with van der Waals surface area (Å²) in [6.45, 7) is 5.49. The van der Waals surface area contributed by atoms with Gasteiger partial charge in [0, 0.05) is 11.4 Å². The maximum atomic E-state index is 6.03. The fraction of sp³-hybridized carbons (Fsp3) is 0.278. The van der Waals surface area contributed by atoms with E-state index in [1.54, 1.807) is 0 Å². The summed E-state index contributed by atoms with van der Waals surface area (Å²) < 4.78 is 8.09. The number of benzene rings is 2. The number of rotatable bonds is 5. The quantitative estimate of drug-likeness (QED) is 0.686. The molecule has 0 aliphatic carbocycles. The summed E-state index contributed by atoms with van der Waals surface area (Å²) in [5, 5.41) is 0.765. The molecule has 3 aromatic rings. The van der Waals surface area contributed by atoms with E-state index in [1.165, 1.54) is 0 Å². The number of ether oxygens (including phenoxy) is 1. The van der Waals surface area contributed by atoms with Crippen molar-refractivity contribution < 1.29 is 4.74 Å². The van der Waals surface area contributed by atoms with E-state index in [1.807, 2.05) is 37.3 Å². The van der Waals surface area contributed by atoms with Crippen molar-refractivity contribution in [1.29, 1.82) is 0 Å². The first-order valence-electron chi connectivity index (χ1n) is 7.52. The molecule has 0 saturated heterocycles. The molecule has 0 bridgehead atoms. The highest BCUT2D eigenvalue weighted by atomic mass is 35.5. The predicted molar refractivity (Wildman–Crippen MR) is 90.8 cm³/mol. The van der Waals surface area contributed by atoms with Crippen LogP contribution in [0.4, 0.5) is 0 Å². The molecule has 0 spiro atoms. The highest BCUT2D eigenvalue weighted by Gasteiger charge is 2.08. The van der Waals surface area contributed by atoms with Crippen molar-refractivity contribution in [2.75, 3.05) is 6.61 Å². The van der Waals surface area contributed by atoms with Gasteiger partial charge in [0.25, 0.3) is 0 Å². The normalized spacial score (nSPS) is 11.0. The molecule has 0 N–H and O–H groups in total. The Morgan fingerprint density at radius 3 is 2.77 bits per heavy atom. The maximum Gasteiger partial charge on any atom is 0.119 e. The molecule has 0 aliphatic heterocycles. The number of imidazole rings is 1. The number of fused-ring (bicyclic) bond motifs is 1. The minimum absolute atomic E-state index is 0.606. The van der Waals surface area contributed by atoms with Gasteiger partial charge in [-0.15, -0.1) is 0 Å². The molecular formula is C18H19ClN2O. The zero-order chi connectivity index (χ0) is 15.5. The summed E-state index contributed by atoms with van der Waals surface area (Å²) in [5.74, 6) is 1.95. The number of hydrogen-bond acceptors (Lipinski definition) is 2. The molecule has 0 aliphatic rings. The SMILES string of the molecule is CCc1nc2ccccc2n1CCOc1ccc(Cl)c(C)c1. The van der Waals surface area contributed by atoms with E-state index in [0.717, 1.165) is 46.2 Å². The lowest BCUT2D eigenvalue weighted by Crippen LogP contribution is -2.10. The highest BCUT2D eigenvalue weighted by Crippen LogP contribution is 2.21. The van der Waals surface area contributed by atoms with Gasteiger partial charge in [-0.1, -0.05) is 30.7 Å². The van der Waals surface area contributed by atoms with Crippen LogP contribution >= 0.6 is 11.6 Å². The average Bonchev–Trinajstić information content (AvgIpc) is 2.89. The molecule has 3 nitrogen and oxygen atoms in total. The molecule has 0 radical (unpaired) electrons. The summed E-state index contributed by atoms with van der Waals surface area (Å²) in [4.78, 5) is 4.67. The topological polar surface area (TPSA) is 27.1 Å². The van der Waals surface area contributed by atoms with Gasteiger partial charge in [0.1, 0.15) is 18.2 Å². The van der Waals surface area contributed by atoms with Crippen LogP contribution in [0.3, 0.4) is 0 Å². The molecule has 0 amide bonds. The minimum atomic E-state index is 0.606. The lowest BCUT2D eigenvalue weighted by atomic mass is 10.2. The van der Waals surface area contributed by atoms with Crippen LogP contribution in [-0.2, 0) is 13.0 Å². The second kappa shape index (κ2) is 6.41. The van der Waals surface area contributed by atoms with E-state index in [2.05, 4.69) is 28.6 Å². The number of hydrogen-bond donors (Lipinski definition) is 0. The van der Waals surface area contributed by atoms with E-state index >= 15 is 0 Å². The summed E-state index contributed by atoms with van der Waals surface area (Å²) >= 11 is 6.03. The van der Waals surface area contributed by atoms with Crippen molar-refractivity contribution in [2.24, 2.45) is 0 Å². The number of para-hydroxylation sites is 2. The summed E-state index contributed by atoms with van der Waals surface area (Å²) in [5.41, 5.74) is 3.23. The molecule has 3 rings (SSSR count). The van der Waals surface area contributed by atoms with Crippen molar-refractivity contribution in [3.8, 4) is 5.75 Å². The first-order valence-corrected chi connectivity index (χ1v) is 7.90. The van der Waals surface area contributed by atoms with Crippen LogP contribution in [-0.4, -0.2) is 16.2 Å². The maximum absolute atomic E-state index is 6.03. The van der Waals surface area contributed by atoms with Crippen LogP contribution in [0.5, 0.6) is 5.75 Å². The molecule has 0 unspecified atom stereocenters. The van der Waals surface area contributed by atoms with Crippen LogP contribution in [0, 0.1) is 6.92 Å². The Kier molecular flexibility index (Phi) is 4.34. The minimum Gasteiger partial charge on any atom is -0.492 e. The fourth-order valence-electron chi connectivity index (χ4n) is 2.61. The van der Waals surface area contributed by atoms with Crippen LogP contribution in [0.2, 0.25) is 5.02 Å². The van der Waals surface area contributed by atoms with Gasteiger partial charge in [0.15, 0.2) is 0 Å². The Morgan fingerprint density at radius 2 is 2.00 bits per heavy atom. The van der Waals surface area contributed by atoms with Crippen molar-refractivity contribution in [1.82, 2.24) is 9.55 Å². The van der Waals surface area contributed by atoms with Crippen LogP contribution < -0.4 is 4.74 Å². The standard InChI is InChI=1S/C18H19ClN2O/c1-3-18-20-16-6-4-5-7-17(16)21(18)10-11-22-14-8-9-15(19)13(2)12-14/h4-9,12H,3,10-11H2,1-2H3. The molecule has 0 saturated carbocycles. The van der Waals surface area contributed by atoms with Crippen molar-refractivity contribution in [2.45, 2.75) is 26.8 Å². The molecule has 4 heteroatoms.